The molecule has 0 saturated carbocycles. The third-order valence-corrected chi connectivity index (χ3v) is 21.3. The average molecular weight is 1450 g/mol. The number of hydrogen-bond donors (Lipinski definition) is 3. The van der Waals surface area contributed by atoms with Crippen LogP contribution in [-0.2, 0) is 65.4 Å². The van der Waals surface area contributed by atoms with Gasteiger partial charge >= 0.3 is 39.5 Å². The van der Waals surface area contributed by atoms with E-state index in [-0.39, 0.29) is 25.7 Å². The minimum Gasteiger partial charge on any atom is -0.462 e. The average Bonchev–Trinajstić information content (AvgIpc) is 1.00. The topological polar surface area (TPSA) is 237 Å². The van der Waals surface area contributed by atoms with Crippen molar-refractivity contribution >= 4 is 39.5 Å². The number of esters is 4. The van der Waals surface area contributed by atoms with Crippen LogP contribution >= 0.6 is 15.6 Å². The molecule has 0 amide bonds. The number of aliphatic hydroxyl groups is 1. The van der Waals surface area contributed by atoms with Crippen molar-refractivity contribution in [1.82, 2.24) is 0 Å². The quantitative estimate of drug-likeness (QED) is 0.0222. The molecule has 0 saturated heterocycles. The summed E-state index contributed by atoms with van der Waals surface area (Å²) in [5.74, 6) is -0.532. The monoisotopic (exact) mass is 1450 g/mol. The maximum Gasteiger partial charge on any atom is 0.472 e. The number of rotatable bonds is 79. The van der Waals surface area contributed by atoms with Crippen molar-refractivity contribution in [3.05, 3.63) is 0 Å². The summed E-state index contributed by atoms with van der Waals surface area (Å²) >= 11 is 0. The zero-order valence-corrected chi connectivity index (χ0v) is 66.6. The Bertz CT molecular complexity index is 1910. The van der Waals surface area contributed by atoms with Crippen LogP contribution in [0.5, 0.6) is 0 Å². The van der Waals surface area contributed by atoms with Gasteiger partial charge in [-0.15, -0.1) is 0 Å². The minimum absolute atomic E-state index is 0.107. The summed E-state index contributed by atoms with van der Waals surface area (Å²) in [6.07, 6.45) is 60.9. The number of carbonyl (C=O) groups excluding carboxylic acids is 4. The third-order valence-electron chi connectivity index (χ3n) is 19.4. The Morgan fingerprint density at radius 1 is 0.283 bits per heavy atom. The maximum absolute atomic E-state index is 13.1. The summed E-state index contributed by atoms with van der Waals surface area (Å²) in [6.45, 7) is 9.65. The first-order valence-electron chi connectivity index (χ1n) is 41.6. The fourth-order valence-electron chi connectivity index (χ4n) is 12.3. The number of ether oxygens (including phenoxy) is 4. The molecule has 17 nitrogen and oxygen atoms in total. The fraction of sp³-hybridized carbons (Fsp3) is 0.950. The van der Waals surface area contributed by atoms with Crippen LogP contribution in [0.3, 0.4) is 0 Å². The first-order chi connectivity index (χ1) is 47.9. The van der Waals surface area contributed by atoms with Gasteiger partial charge in [0.05, 0.1) is 26.4 Å². The second-order valence-electron chi connectivity index (χ2n) is 29.3. The summed E-state index contributed by atoms with van der Waals surface area (Å²) < 4.78 is 68.7. The maximum atomic E-state index is 13.1. The minimum atomic E-state index is -4.96. The van der Waals surface area contributed by atoms with Crippen LogP contribution < -0.4 is 0 Å². The van der Waals surface area contributed by atoms with Crippen molar-refractivity contribution in [3.63, 3.8) is 0 Å². The van der Waals surface area contributed by atoms with Gasteiger partial charge in [-0.25, -0.2) is 9.13 Å². The van der Waals surface area contributed by atoms with E-state index in [1.165, 1.54) is 231 Å². The van der Waals surface area contributed by atoms with E-state index in [1.54, 1.807) is 0 Å². The molecule has 588 valence electrons. The largest absolute Gasteiger partial charge is 0.472 e. The Morgan fingerprint density at radius 3 is 0.717 bits per heavy atom. The first kappa shape index (κ1) is 97.1. The summed E-state index contributed by atoms with van der Waals surface area (Å²) in [6, 6.07) is 0. The fourth-order valence-corrected chi connectivity index (χ4v) is 13.9. The van der Waals surface area contributed by atoms with Gasteiger partial charge in [0.2, 0.25) is 0 Å². The number of hydrogen-bond acceptors (Lipinski definition) is 15. The number of unbranched alkanes of at least 4 members (excludes halogenated alkanes) is 47. The van der Waals surface area contributed by atoms with Crippen LogP contribution in [0.1, 0.15) is 420 Å². The summed E-state index contributed by atoms with van der Waals surface area (Å²) in [4.78, 5) is 73.0. The lowest BCUT2D eigenvalue weighted by Gasteiger charge is -2.21. The van der Waals surface area contributed by atoms with Gasteiger partial charge in [0.1, 0.15) is 19.3 Å². The number of carbonyl (C=O) groups is 4. The van der Waals surface area contributed by atoms with E-state index in [1.807, 2.05) is 0 Å². The molecule has 0 aromatic rings. The summed E-state index contributed by atoms with van der Waals surface area (Å²) in [5.41, 5.74) is 0. The highest BCUT2D eigenvalue weighted by Crippen LogP contribution is 2.45. The molecule has 0 rings (SSSR count). The van der Waals surface area contributed by atoms with Gasteiger partial charge in [-0.05, 0) is 37.5 Å². The van der Waals surface area contributed by atoms with Gasteiger partial charge in [-0.2, -0.15) is 0 Å². The van der Waals surface area contributed by atoms with Crippen molar-refractivity contribution in [1.29, 1.82) is 0 Å². The van der Waals surface area contributed by atoms with E-state index in [2.05, 4.69) is 41.5 Å². The Labute approximate surface area is 607 Å². The SMILES string of the molecule is CCCCCCCCCCCCCCCCCCCC(=O)OC[C@H](COP(=O)(O)OC[C@@H](O)COP(=O)(O)OC[C@@H](COC(=O)CCCCCCCCC(C)CC)OC(=O)CCCCCCCCCCCCCCCC)OC(=O)CCCCCCCCCCCCCCCCC(C)CC. The lowest BCUT2D eigenvalue weighted by atomic mass is 9.99. The molecule has 0 aromatic heterocycles. The first-order valence-corrected chi connectivity index (χ1v) is 44.6. The van der Waals surface area contributed by atoms with Gasteiger partial charge < -0.3 is 33.8 Å². The van der Waals surface area contributed by atoms with Gasteiger partial charge in [0.15, 0.2) is 12.2 Å². The van der Waals surface area contributed by atoms with Crippen molar-refractivity contribution in [3.8, 4) is 0 Å². The Morgan fingerprint density at radius 2 is 0.485 bits per heavy atom. The van der Waals surface area contributed by atoms with Crippen molar-refractivity contribution in [2.75, 3.05) is 39.6 Å². The summed E-state index contributed by atoms with van der Waals surface area (Å²) in [7, 11) is -9.92. The molecule has 7 atom stereocenters. The van der Waals surface area contributed by atoms with E-state index in [4.69, 9.17) is 37.0 Å². The van der Waals surface area contributed by atoms with E-state index in [0.29, 0.717) is 25.7 Å². The van der Waals surface area contributed by atoms with E-state index < -0.39 is 97.5 Å². The Kier molecular flexibility index (Phi) is 70.3. The second-order valence-corrected chi connectivity index (χ2v) is 32.2. The number of phosphoric ester groups is 2. The van der Waals surface area contributed by atoms with E-state index >= 15 is 0 Å². The Hall–Kier alpha value is -1.94. The molecule has 4 unspecified atom stereocenters. The molecule has 99 heavy (non-hydrogen) atoms. The molecular weight excluding hydrogens is 1290 g/mol. The normalized spacial score (nSPS) is 14.5. The van der Waals surface area contributed by atoms with Gasteiger partial charge in [0.25, 0.3) is 0 Å². The second kappa shape index (κ2) is 71.7. The molecule has 0 aliphatic heterocycles. The van der Waals surface area contributed by atoms with Crippen LogP contribution in [0.4, 0.5) is 0 Å². The summed E-state index contributed by atoms with van der Waals surface area (Å²) in [5, 5.41) is 10.6. The van der Waals surface area contributed by atoms with E-state index in [9.17, 15) is 43.2 Å². The predicted molar refractivity (Wildman–Crippen MR) is 405 cm³/mol. The molecule has 0 aliphatic carbocycles. The smallest absolute Gasteiger partial charge is 0.462 e. The lowest BCUT2D eigenvalue weighted by Crippen LogP contribution is -2.30. The molecule has 0 spiro atoms. The highest BCUT2D eigenvalue weighted by atomic mass is 31.2. The van der Waals surface area contributed by atoms with Crippen LogP contribution in [0.15, 0.2) is 0 Å². The van der Waals surface area contributed by atoms with Gasteiger partial charge in [-0.1, -0.05) is 369 Å². The Balaban J connectivity index is 5.25. The molecular formula is C80H156O17P2. The van der Waals surface area contributed by atoms with Crippen molar-refractivity contribution in [2.24, 2.45) is 11.8 Å². The van der Waals surface area contributed by atoms with Crippen molar-refractivity contribution < 1.29 is 80.2 Å². The standard InChI is InChI=1S/C80H156O17P2/c1-7-11-13-15-17-19-21-23-25-26-27-32-35-39-43-50-56-62-77(82)90-68-75(96-79(84)65-59-53-45-41-37-33-29-28-30-34-38-42-48-54-60-72(5)9-3)70-94-98(86,87)92-66-74(81)67-93-99(88,89)95-71-76(69-91-78(83)63-57-51-47-46-49-55-61-73(6)10-4)97-80(85)64-58-52-44-40-36-31-24-22-20-18-16-14-12-8-2/h72-76,81H,7-71H2,1-6H3,(H,86,87)(H,88,89)/t72?,73?,74-,75-,76-/m1/s1. The molecule has 0 aromatic carbocycles. The van der Waals surface area contributed by atoms with Crippen molar-refractivity contribution in [2.45, 2.75) is 439 Å². The number of aliphatic hydroxyl groups excluding tert-OH is 1. The third kappa shape index (κ3) is 71.5. The predicted octanol–water partition coefficient (Wildman–Crippen LogP) is 23.9. The van der Waals surface area contributed by atoms with Crippen LogP contribution in [-0.4, -0.2) is 96.7 Å². The molecule has 19 heteroatoms. The molecule has 0 aliphatic rings. The van der Waals surface area contributed by atoms with Crippen LogP contribution in [0.2, 0.25) is 0 Å². The molecule has 0 radical (unpaired) electrons. The number of phosphoric acid groups is 2. The zero-order valence-electron chi connectivity index (χ0n) is 64.8. The highest BCUT2D eigenvalue weighted by molar-refractivity contribution is 7.47. The highest BCUT2D eigenvalue weighted by Gasteiger charge is 2.30. The molecule has 0 bridgehead atoms. The van der Waals surface area contributed by atoms with Gasteiger partial charge in [-0.3, -0.25) is 37.3 Å². The van der Waals surface area contributed by atoms with E-state index in [0.717, 1.165) is 108 Å². The van der Waals surface area contributed by atoms with Gasteiger partial charge in [0, 0.05) is 25.7 Å². The zero-order chi connectivity index (χ0) is 72.8. The van der Waals surface area contributed by atoms with Crippen LogP contribution in [0.25, 0.3) is 0 Å². The molecule has 0 fully saturated rings. The van der Waals surface area contributed by atoms with Crippen LogP contribution in [0, 0.1) is 11.8 Å². The lowest BCUT2D eigenvalue weighted by molar-refractivity contribution is -0.161. The molecule has 3 N–H and O–H groups in total. The molecule has 0 heterocycles.